The molecule has 0 aliphatic heterocycles. The molecule has 1 heterocycles. The smallest absolute Gasteiger partial charge is 0.359 e. The molecular formula is C14H15NO2S3. The lowest BCUT2D eigenvalue weighted by Crippen LogP contribution is -2.06. The van der Waals surface area contributed by atoms with Gasteiger partial charge in [-0.3, -0.25) is 0 Å². The van der Waals surface area contributed by atoms with Crippen LogP contribution >= 0.6 is 34.9 Å². The van der Waals surface area contributed by atoms with Crippen LogP contribution in [0.1, 0.15) is 23.0 Å². The van der Waals surface area contributed by atoms with Gasteiger partial charge in [0.25, 0.3) is 0 Å². The second kappa shape index (κ2) is 7.71. The highest BCUT2D eigenvalue weighted by molar-refractivity contribution is 8.02. The highest BCUT2D eigenvalue weighted by atomic mass is 32.2. The summed E-state index contributed by atoms with van der Waals surface area (Å²) in [7, 11) is 0. The first-order chi connectivity index (χ1) is 9.74. The summed E-state index contributed by atoms with van der Waals surface area (Å²) < 4.78 is 6.88. The predicted octanol–water partition coefficient (Wildman–Crippen LogP) is 4.33. The SMILES string of the molecule is CCOC(=O)c1nc(SC)sc1SCc1ccccc1. The number of benzene rings is 1. The lowest BCUT2D eigenvalue weighted by molar-refractivity contribution is 0.0516. The van der Waals surface area contributed by atoms with Crippen molar-refractivity contribution in [3.63, 3.8) is 0 Å². The van der Waals surface area contributed by atoms with Gasteiger partial charge in [-0.2, -0.15) is 0 Å². The summed E-state index contributed by atoms with van der Waals surface area (Å²) in [5.74, 6) is 0.489. The molecule has 3 nitrogen and oxygen atoms in total. The number of carbonyl (C=O) groups is 1. The zero-order valence-corrected chi connectivity index (χ0v) is 13.7. The van der Waals surface area contributed by atoms with Crippen molar-refractivity contribution >= 4 is 40.8 Å². The van der Waals surface area contributed by atoms with Gasteiger partial charge in [0.05, 0.1) is 10.8 Å². The number of thiazole rings is 1. The van der Waals surface area contributed by atoms with Crippen LogP contribution in [0.15, 0.2) is 38.9 Å². The van der Waals surface area contributed by atoms with E-state index < -0.39 is 0 Å². The van der Waals surface area contributed by atoms with E-state index >= 15 is 0 Å². The first kappa shape index (κ1) is 15.4. The maximum absolute atomic E-state index is 11.9. The van der Waals surface area contributed by atoms with Gasteiger partial charge in [0.2, 0.25) is 0 Å². The molecule has 0 fully saturated rings. The Balaban J connectivity index is 2.13. The maximum Gasteiger partial charge on any atom is 0.359 e. The number of esters is 1. The summed E-state index contributed by atoms with van der Waals surface area (Å²) in [6, 6.07) is 10.2. The van der Waals surface area contributed by atoms with E-state index in [0.717, 1.165) is 14.3 Å². The number of ether oxygens (including phenoxy) is 1. The third kappa shape index (κ3) is 4.01. The van der Waals surface area contributed by atoms with E-state index in [1.807, 2.05) is 24.5 Å². The number of hydrogen-bond acceptors (Lipinski definition) is 6. The summed E-state index contributed by atoms with van der Waals surface area (Å²) in [6.07, 6.45) is 1.96. The summed E-state index contributed by atoms with van der Waals surface area (Å²) in [4.78, 5) is 16.3. The van der Waals surface area contributed by atoms with E-state index in [1.165, 1.54) is 5.56 Å². The molecule has 0 amide bonds. The van der Waals surface area contributed by atoms with Gasteiger partial charge in [0, 0.05) is 5.75 Å². The van der Waals surface area contributed by atoms with Crippen molar-refractivity contribution in [1.82, 2.24) is 4.98 Å². The molecule has 1 aromatic carbocycles. The number of rotatable bonds is 6. The van der Waals surface area contributed by atoms with Crippen LogP contribution in [-0.4, -0.2) is 23.8 Å². The molecule has 6 heteroatoms. The third-order valence-electron chi connectivity index (χ3n) is 2.43. The van der Waals surface area contributed by atoms with E-state index in [0.29, 0.717) is 12.3 Å². The molecule has 0 aliphatic rings. The molecule has 106 valence electrons. The molecule has 0 unspecified atom stereocenters. The predicted molar refractivity (Wildman–Crippen MR) is 85.9 cm³/mol. The van der Waals surface area contributed by atoms with Gasteiger partial charge >= 0.3 is 5.97 Å². The lowest BCUT2D eigenvalue weighted by Gasteiger charge is -2.02. The van der Waals surface area contributed by atoms with Crippen LogP contribution in [-0.2, 0) is 10.5 Å². The Morgan fingerprint density at radius 2 is 2.10 bits per heavy atom. The minimum atomic E-state index is -0.334. The molecule has 2 rings (SSSR count). The van der Waals surface area contributed by atoms with Crippen LogP contribution in [0.5, 0.6) is 0 Å². The minimum Gasteiger partial charge on any atom is -0.461 e. The van der Waals surface area contributed by atoms with Gasteiger partial charge in [-0.15, -0.1) is 23.1 Å². The molecule has 0 aliphatic carbocycles. The largest absolute Gasteiger partial charge is 0.461 e. The summed E-state index contributed by atoms with van der Waals surface area (Å²) in [5, 5.41) is 0. The second-order valence-electron chi connectivity index (χ2n) is 3.81. The van der Waals surface area contributed by atoms with Crippen LogP contribution in [0, 0.1) is 0 Å². The van der Waals surface area contributed by atoms with E-state index in [9.17, 15) is 4.79 Å². The zero-order valence-electron chi connectivity index (χ0n) is 11.3. The van der Waals surface area contributed by atoms with Gasteiger partial charge < -0.3 is 4.74 Å². The first-order valence-corrected chi connectivity index (χ1v) is 9.16. The molecule has 0 N–H and O–H groups in total. The molecule has 0 saturated heterocycles. The number of hydrogen-bond donors (Lipinski definition) is 0. The Morgan fingerprint density at radius 1 is 1.35 bits per heavy atom. The Hall–Kier alpha value is -0.980. The monoisotopic (exact) mass is 325 g/mol. The van der Waals surface area contributed by atoms with Crippen molar-refractivity contribution in [1.29, 1.82) is 0 Å². The molecule has 0 radical (unpaired) electrons. The van der Waals surface area contributed by atoms with Crippen molar-refractivity contribution in [3.05, 3.63) is 41.6 Å². The van der Waals surface area contributed by atoms with Crippen LogP contribution in [0.3, 0.4) is 0 Å². The summed E-state index contributed by atoms with van der Waals surface area (Å²) >= 11 is 4.73. The number of carbonyl (C=O) groups excluding carboxylic acids is 1. The van der Waals surface area contributed by atoms with Gasteiger partial charge in [-0.05, 0) is 18.7 Å². The molecular weight excluding hydrogens is 310 g/mol. The van der Waals surface area contributed by atoms with Crippen molar-refractivity contribution in [3.8, 4) is 0 Å². The average molecular weight is 325 g/mol. The molecule has 0 spiro atoms. The van der Waals surface area contributed by atoms with Crippen LogP contribution in [0.25, 0.3) is 0 Å². The third-order valence-corrected chi connectivity index (χ3v) is 5.80. The van der Waals surface area contributed by atoms with Gasteiger partial charge in [0.15, 0.2) is 10.0 Å². The van der Waals surface area contributed by atoms with Crippen molar-refractivity contribution in [2.45, 2.75) is 21.2 Å². The van der Waals surface area contributed by atoms with Crippen LogP contribution in [0.4, 0.5) is 0 Å². The van der Waals surface area contributed by atoms with Crippen molar-refractivity contribution in [2.24, 2.45) is 0 Å². The van der Waals surface area contributed by atoms with E-state index in [4.69, 9.17) is 4.74 Å². The number of thioether (sulfide) groups is 2. The van der Waals surface area contributed by atoms with E-state index in [-0.39, 0.29) is 5.97 Å². The van der Waals surface area contributed by atoms with Crippen LogP contribution in [0.2, 0.25) is 0 Å². The topological polar surface area (TPSA) is 39.2 Å². The fourth-order valence-corrected chi connectivity index (χ4v) is 4.37. The summed E-state index contributed by atoms with van der Waals surface area (Å²) in [5.41, 5.74) is 1.67. The van der Waals surface area contributed by atoms with Crippen molar-refractivity contribution in [2.75, 3.05) is 12.9 Å². The van der Waals surface area contributed by atoms with Gasteiger partial charge in [-0.1, -0.05) is 42.1 Å². The molecule has 1 aromatic heterocycles. The van der Waals surface area contributed by atoms with Gasteiger partial charge in [0.1, 0.15) is 0 Å². The standard InChI is InChI=1S/C14H15NO2S3/c1-3-17-12(16)11-13(20-14(15-11)18-2)19-9-10-7-5-4-6-8-10/h4-8H,3,9H2,1-2H3. The fraction of sp³-hybridized carbons (Fsp3) is 0.286. The average Bonchev–Trinajstić information content (AvgIpc) is 2.90. The molecule has 0 saturated carbocycles. The Labute approximate surface area is 131 Å². The first-order valence-electron chi connectivity index (χ1n) is 6.13. The highest BCUT2D eigenvalue weighted by Crippen LogP contribution is 2.35. The normalized spacial score (nSPS) is 10.5. The molecule has 0 bridgehead atoms. The number of nitrogens with zero attached hydrogens (tertiary/aromatic N) is 1. The molecule has 0 atom stereocenters. The lowest BCUT2D eigenvalue weighted by atomic mass is 10.2. The quantitative estimate of drug-likeness (QED) is 0.584. The molecule has 2 aromatic rings. The van der Waals surface area contributed by atoms with E-state index in [1.54, 1.807) is 41.8 Å². The molecule has 20 heavy (non-hydrogen) atoms. The van der Waals surface area contributed by atoms with Gasteiger partial charge in [-0.25, -0.2) is 9.78 Å². The van der Waals surface area contributed by atoms with E-state index in [2.05, 4.69) is 17.1 Å². The fourth-order valence-electron chi connectivity index (χ4n) is 1.52. The van der Waals surface area contributed by atoms with Crippen LogP contribution < -0.4 is 0 Å². The Kier molecular flexibility index (Phi) is 5.94. The second-order valence-corrected chi connectivity index (χ2v) is 7.11. The number of aromatic nitrogens is 1. The maximum atomic E-state index is 11.9. The Bertz CT molecular complexity index is 569. The minimum absolute atomic E-state index is 0.334. The highest BCUT2D eigenvalue weighted by Gasteiger charge is 2.19. The zero-order chi connectivity index (χ0) is 14.4. The summed E-state index contributed by atoms with van der Waals surface area (Å²) in [6.45, 7) is 2.17. The Morgan fingerprint density at radius 3 is 2.75 bits per heavy atom. The van der Waals surface area contributed by atoms with Crippen molar-refractivity contribution < 1.29 is 9.53 Å².